The lowest BCUT2D eigenvalue weighted by molar-refractivity contribution is -0.384. The van der Waals surface area contributed by atoms with E-state index in [-0.39, 0.29) is 17.2 Å². The fourth-order valence-electron chi connectivity index (χ4n) is 6.21. The highest BCUT2D eigenvalue weighted by Gasteiger charge is 2.39. The van der Waals surface area contributed by atoms with E-state index in [1.807, 2.05) is 33.0 Å². The quantitative estimate of drug-likeness (QED) is 0.100. The van der Waals surface area contributed by atoms with Gasteiger partial charge in [0, 0.05) is 54.6 Å². The normalized spacial score (nSPS) is 16.2. The van der Waals surface area contributed by atoms with Gasteiger partial charge in [-0.25, -0.2) is 4.79 Å². The van der Waals surface area contributed by atoms with Crippen LogP contribution in [-0.4, -0.2) is 60.0 Å². The van der Waals surface area contributed by atoms with Crippen LogP contribution in [0.2, 0.25) is 0 Å². The van der Waals surface area contributed by atoms with Gasteiger partial charge < -0.3 is 24.8 Å². The Morgan fingerprint density at radius 1 is 1.00 bits per heavy atom. The van der Waals surface area contributed by atoms with E-state index >= 15 is 0 Å². The maximum Gasteiger partial charge on any atom is 0.337 e. The van der Waals surface area contributed by atoms with Gasteiger partial charge in [-0.2, -0.15) is 0 Å². The van der Waals surface area contributed by atoms with Gasteiger partial charge in [-0.15, -0.1) is 0 Å². The number of carbonyl (C=O) groups is 1. The maximum atomic E-state index is 14.0. The average Bonchev–Trinajstić information content (AvgIpc) is 3.01. The fourth-order valence-corrected chi connectivity index (χ4v) is 6.21. The molecule has 0 spiro atoms. The first-order valence-electron chi connectivity index (χ1n) is 15.1. The molecule has 1 aliphatic rings. The van der Waals surface area contributed by atoms with Crippen LogP contribution in [0.1, 0.15) is 62.6 Å². The molecule has 3 aromatic carbocycles. The summed E-state index contributed by atoms with van der Waals surface area (Å²) in [6, 6.07) is 27.0. The van der Waals surface area contributed by atoms with Gasteiger partial charge in [-0.05, 0) is 64.4 Å². The zero-order valence-corrected chi connectivity index (χ0v) is 26.8. The SMILES string of the molecule is COC(O)C1=C(C)NC(C)=C(C(=O)OC(C)(C)CN(C)CCC(c2ccccc2)c2ccccc2)C1c1cccc([N+](=O)[O-])c1. The second-order valence-corrected chi connectivity index (χ2v) is 12.2. The van der Waals surface area contributed by atoms with Crippen LogP contribution in [0.4, 0.5) is 5.69 Å². The van der Waals surface area contributed by atoms with Crippen LogP contribution < -0.4 is 5.32 Å². The van der Waals surface area contributed by atoms with Crippen molar-refractivity contribution in [2.75, 3.05) is 27.2 Å². The van der Waals surface area contributed by atoms with E-state index < -0.39 is 28.7 Å². The van der Waals surface area contributed by atoms with Crippen molar-refractivity contribution in [1.82, 2.24) is 10.2 Å². The summed E-state index contributed by atoms with van der Waals surface area (Å²) in [7, 11) is 3.37. The number of rotatable bonds is 13. The molecule has 1 aliphatic heterocycles. The number of esters is 1. The monoisotopic (exact) mass is 613 g/mol. The van der Waals surface area contributed by atoms with Crippen molar-refractivity contribution < 1.29 is 24.3 Å². The van der Waals surface area contributed by atoms with Crippen molar-refractivity contribution >= 4 is 11.7 Å². The highest BCUT2D eigenvalue weighted by atomic mass is 16.6. The lowest BCUT2D eigenvalue weighted by atomic mass is 9.80. The topological polar surface area (TPSA) is 114 Å². The van der Waals surface area contributed by atoms with E-state index in [1.54, 1.807) is 26.0 Å². The molecule has 0 aliphatic carbocycles. The number of nitrogens with zero attached hydrogens (tertiary/aromatic N) is 2. The van der Waals surface area contributed by atoms with Crippen LogP contribution in [0.25, 0.3) is 0 Å². The Morgan fingerprint density at radius 2 is 1.60 bits per heavy atom. The number of aliphatic hydroxyl groups excluding tert-OH is 1. The van der Waals surface area contributed by atoms with E-state index in [0.717, 1.165) is 13.0 Å². The second-order valence-electron chi connectivity index (χ2n) is 12.2. The number of benzene rings is 3. The second kappa shape index (κ2) is 14.6. The molecule has 9 heteroatoms. The number of carbonyl (C=O) groups excluding carboxylic acids is 1. The number of hydrogen-bond acceptors (Lipinski definition) is 8. The summed E-state index contributed by atoms with van der Waals surface area (Å²) in [5, 5.41) is 25.6. The number of nitro benzene ring substituents is 1. The van der Waals surface area contributed by atoms with Crippen LogP contribution in [0.5, 0.6) is 0 Å². The third-order valence-electron chi connectivity index (χ3n) is 8.16. The molecular formula is C36H43N3O6. The third-order valence-corrected chi connectivity index (χ3v) is 8.16. The van der Waals surface area contributed by atoms with Crippen LogP contribution in [0, 0.1) is 10.1 Å². The number of hydrogen-bond donors (Lipinski definition) is 2. The highest BCUT2D eigenvalue weighted by Crippen LogP contribution is 2.41. The van der Waals surface area contributed by atoms with Crippen LogP contribution in [0.15, 0.2) is 107 Å². The molecule has 0 saturated carbocycles. The average molecular weight is 614 g/mol. The zero-order valence-electron chi connectivity index (χ0n) is 26.8. The Hall–Kier alpha value is -4.31. The first-order valence-corrected chi connectivity index (χ1v) is 15.1. The maximum absolute atomic E-state index is 14.0. The fraction of sp³-hybridized carbons (Fsp3) is 0.361. The van der Waals surface area contributed by atoms with Crippen molar-refractivity contribution in [2.45, 2.75) is 57.8 Å². The first-order chi connectivity index (χ1) is 21.4. The standard InChI is InChI=1S/C36H43N3O6/c1-24-31(34(40)44-6)33(28-18-13-19-29(22-28)39(42)43)32(25(2)37-24)35(41)45-36(3,4)23-38(5)21-20-30(26-14-9-7-10-15-26)27-16-11-8-12-17-27/h7-19,22,30,33-34,37,40H,20-21,23H2,1-6H3. The molecule has 2 atom stereocenters. The molecule has 3 aromatic rings. The molecular weight excluding hydrogens is 570 g/mol. The number of non-ortho nitro benzene ring substituents is 1. The molecule has 0 amide bonds. The van der Waals surface area contributed by atoms with Gasteiger partial charge in [-0.3, -0.25) is 10.1 Å². The predicted octanol–water partition coefficient (Wildman–Crippen LogP) is 6.27. The molecule has 2 N–H and O–H groups in total. The molecule has 238 valence electrons. The number of aliphatic hydroxyl groups is 1. The summed E-state index contributed by atoms with van der Waals surface area (Å²) in [6.45, 7) is 8.50. The zero-order chi connectivity index (χ0) is 32.7. The molecule has 0 aromatic heterocycles. The van der Waals surface area contributed by atoms with Gasteiger partial charge in [0.2, 0.25) is 0 Å². The number of allylic oxidation sites excluding steroid dienone is 2. The largest absolute Gasteiger partial charge is 0.455 e. The Bertz CT molecular complexity index is 1510. The molecule has 9 nitrogen and oxygen atoms in total. The van der Waals surface area contributed by atoms with Gasteiger partial charge in [0.15, 0.2) is 6.29 Å². The van der Waals surface area contributed by atoms with Crippen LogP contribution >= 0.6 is 0 Å². The van der Waals surface area contributed by atoms with Crippen molar-refractivity contribution in [1.29, 1.82) is 0 Å². The van der Waals surface area contributed by atoms with E-state index in [9.17, 15) is 20.0 Å². The van der Waals surface area contributed by atoms with Crippen molar-refractivity contribution in [3.63, 3.8) is 0 Å². The summed E-state index contributed by atoms with van der Waals surface area (Å²) >= 11 is 0. The molecule has 0 radical (unpaired) electrons. The lowest BCUT2D eigenvalue weighted by Crippen LogP contribution is -2.42. The van der Waals surface area contributed by atoms with Crippen LogP contribution in [0.3, 0.4) is 0 Å². The molecule has 2 unspecified atom stereocenters. The highest BCUT2D eigenvalue weighted by molar-refractivity contribution is 5.93. The van der Waals surface area contributed by atoms with Crippen LogP contribution in [-0.2, 0) is 14.3 Å². The minimum absolute atomic E-state index is 0.119. The summed E-state index contributed by atoms with van der Waals surface area (Å²) in [6.07, 6.45) is -0.473. The van der Waals surface area contributed by atoms with Crippen molar-refractivity contribution in [3.8, 4) is 0 Å². The number of methoxy groups -OCH3 is 1. The van der Waals surface area contributed by atoms with Gasteiger partial charge in [0.25, 0.3) is 5.69 Å². The Morgan fingerprint density at radius 3 is 2.16 bits per heavy atom. The predicted molar refractivity (Wildman–Crippen MR) is 174 cm³/mol. The molecule has 45 heavy (non-hydrogen) atoms. The van der Waals surface area contributed by atoms with E-state index in [4.69, 9.17) is 9.47 Å². The number of ether oxygens (including phenoxy) is 2. The smallest absolute Gasteiger partial charge is 0.337 e. The molecule has 0 saturated heterocycles. The molecule has 0 fully saturated rings. The Labute approximate surface area is 265 Å². The van der Waals surface area contributed by atoms with E-state index in [1.165, 1.54) is 30.4 Å². The Balaban J connectivity index is 1.54. The summed E-state index contributed by atoms with van der Waals surface area (Å²) in [5.41, 5.74) is 3.77. The van der Waals surface area contributed by atoms with Gasteiger partial charge in [0.05, 0.1) is 10.5 Å². The number of dihydropyridines is 1. The Kier molecular flexibility index (Phi) is 10.9. The van der Waals surface area contributed by atoms with E-state index in [0.29, 0.717) is 29.1 Å². The van der Waals surface area contributed by atoms with Gasteiger partial charge in [0.1, 0.15) is 5.60 Å². The number of nitro groups is 1. The molecule has 1 heterocycles. The summed E-state index contributed by atoms with van der Waals surface area (Å²) in [4.78, 5) is 27.3. The first kappa shape index (κ1) is 33.6. The van der Waals surface area contributed by atoms with Gasteiger partial charge in [-0.1, -0.05) is 72.8 Å². The lowest BCUT2D eigenvalue weighted by Gasteiger charge is -2.36. The van der Waals surface area contributed by atoms with Crippen molar-refractivity contribution in [3.05, 3.63) is 134 Å². The summed E-state index contributed by atoms with van der Waals surface area (Å²) < 4.78 is 11.4. The van der Waals surface area contributed by atoms with E-state index in [2.05, 4.69) is 58.7 Å². The minimum Gasteiger partial charge on any atom is -0.455 e. The summed E-state index contributed by atoms with van der Waals surface area (Å²) in [5.74, 6) is -1.17. The van der Waals surface area contributed by atoms with Gasteiger partial charge >= 0.3 is 5.97 Å². The number of nitrogens with one attached hydrogen (secondary N) is 1. The van der Waals surface area contributed by atoms with Crippen molar-refractivity contribution in [2.24, 2.45) is 0 Å². The molecule has 4 rings (SSSR count). The molecule has 0 bridgehead atoms. The minimum atomic E-state index is -1.35. The third kappa shape index (κ3) is 8.25. The number of likely N-dealkylation sites (N-methyl/N-ethyl adjacent to an activating group) is 1.